The van der Waals surface area contributed by atoms with Crippen molar-refractivity contribution in [3.8, 4) is 22.6 Å². The van der Waals surface area contributed by atoms with Crippen LogP contribution < -0.4 is 5.32 Å². The summed E-state index contributed by atoms with van der Waals surface area (Å²) in [7, 11) is 0. The van der Waals surface area contributed by atoms with E-state index < -0.39 is 0 Å². The molecule has 4 aromatic carbocycles. The predicted molar refractivity (Wildman–Crippen MR) is 127 cm³/mol. The Morgan fingerprint density at radius 1 is 0.774 bits per heavy atom. The van der Waals surface area contributed by atoms with Gasteiger partial charge in [-0.15, -0.1) is 0 Å². The molecule has 5 aromatic rings. The topological polar surface area (TPSA) is 55.1 Å². The van der Waals surface area contributed by atoms with E-state index in [0.717, 1.165) is 26.7 Å². The van der Waals surface area contributed by atoms with Gasteiger partial charge in [0, 0.05) is 32.4 Å². The van der Waals surface area contributed by atoms with Gasteiger partial charge in [-0.3, -0.25) is 4.79 Å². The zero-order valence-corrected chi connectivity index (χ0v) is 18.0. The molecule has 0 fully saturated rings. The number of aromatic nitrogens is 1. The molecule has 0 aliphatic carbocycles. The van der Waals surface area contributed by atoms with E-state index in [1.807, 2.05) is 84.9 Å². The third-order valence-electron chi connectivity index (χ3n) is 5.01. The van der Waals surface area contributed by atoms with Gasteiger partial charge in [0.25, 0.3) is 5.91 Å². The molecular formula is C26H17BrN2O2. The molecule has 0 spiro atoms. The summed E-state index contributed by atoms with van der Waals surface area (Å²) in [4.78, 5) is 17.6. The van der Waals surface area contributed by atoms with Gasteiger partial charge in [-0.25, -0.2) is 4.98 Å². The van der Waals surface area contributed by atoms with Crippen molar-refractivity contribution in [1.29, 1.82) is 0 Å². The first-order valence-electron chi connectivity index (χ1n) is 9.80. The lowest BCUT2D eigenvalue weighted by Gasteiger charge is -2.12. The second-order valence-electron chi connectivity index (χ2n) is 7.04. The summed E-state index contributed by atoms with van der Waals surface area (Å²) in [6.07, 6.45) is 0. The summed E-state index contributed by atoms with van der Waals surface area (Å²) < 4.78 is 6.94. The first kappa shape index (κ1) is 19.3. The number of fused-ring (bicyclic) bond motifs is 1. The van der Waals surface area contributed by atoms with Gasteiger partial charge in [0.05, 0.1) is 0 Å². The highest BCUT2D eigenvalue weighted by atomic mass is 79.9. The fourth-order valence-electron chi connectivity index (χ4n) is 3.49. The predicted octanol–water partition coefficient (Wildman–Crippen LogP) is 7.18. The van der Waals surface area contributed by atoms with E-state index in [-0.39, 0.29) is 5.91 Å². The second kappa shape index (κ2) is 8.20. The lowest BCUT2D eigenvalue weighted by molar-refractivity contribution is 0.102. The average molecular weight is 469 g/mol. The molecule has 31 heavy (non-hydrogen) atoms. The lowest BCUT2D eigenvalue weighted by atomic mass is 10.0. The van der Waals surface area contributed by atoms with Crippen molar-refractivity contribution in [1.82, 2.24) is 4.98 Å². The van der Waals surface area contributed by atoms with Crippen LogP contribution in [0.25, 0.3) is 33.7 Å². The van der Waals surface area contributed by atoms with Gasteiger partial charge < -0.3 is 9.73 Å². The number of hydrogen-bond acceptors (Lipinski definition) is 3. The Kier molecular flexibility index (Phi) is 5.10. The quantitative estimate of drug-likeness (QED) is 0.304. The normalized spacial score (nSPS) is 10.9. The minimum Gasteiger partial charge on any atom is -0.436 e. The minimum atomic E-state index is -0.169. The summed E-state index contributed by atoms with van der Waals surface area (Å²) in [5.74, 6) is 0.400. The van der Waals surface area contributed by atoms with Crippen molar-refractivity contribution >= 4 is 38.6 Å². The smallest absolute Gasteiger partial charge is 0.255 e. The third kappa shape index (κ3) is 3.88. The highest BCUT2D eigenvalue weighted by molar-refractivity contribution is 9.10. The van der Waals surface area contributed by atoms with Crippen molar-refractivity contribution in [2.75, 3.05) is 5.32 Å². The Labute approximate surface area is 187 Å². The van der Waals surface area contributed by atoms with Gasteiger partial charge in [-0.2, -0.15) is 0 Å². The number of rotatable bonds is 4. The Balaban J connectivity index is 1.56. The lowest BCUT2D eigenvalue weighted by Crippen LogP contribution is -2.12. The van der Waals surface area contributed by atoms with Crippen LogP contribution in [-0.4, -0.2) is 10.9 Å². The van der Waals surface area contributed by atoms with Crippen LogP contribution in [0.15, 0.2) is 106 Å². The van der Waals surface area contributed by atoms with E-state index in [4.69, 9.17) is 9.40 Å². The van der Waals surface area contributed by atoms with E-state index in [1.165, 1.54) is 0 Å². The molecule has 0 unspecified atom stereocenters. The van der Waals surface area contributed by atoms with E-state index >= 15 is 0 Å². The Morgan fingerprint density at radius 3 is 2.29 bits per heavy atom. The van der Waals surface area contributed by atoms with Crippen molar-refractivity contribution in [2.45, 2.75) is 0 Å². The molecule has 1 amide bonds. The van der Waals surface area contributed by atoms with Crippen molar-refractivity contribution < 1.29 is 9.21 Å². The SMILES string of the molecule is O=C(Nc1ccccc1-c1cccc2oc(-c3ccccc3)nc12)c1ccc(Br)cc1. The van der Waals surface area contributed by atoms with Gasteiger partial charge in [0.1, 0.15) is 5.52 Å². The molecule has 1 aromatic heterocycles. The maximum absolute atomic E-state index is 12.8. The highest BCUT2D eigenvalue weighted by Gasteiger charge is 2.16. The number of hydrogen-bond donors (Lipinski definition) is 1. The largest absolute Gasteiger partial charge is 0.436 e. The molecule has 0 aliphatic heterocycles. The van der Waals surface area contributed by atoms with E-state index in [9.17, 15) is 4.79 Å². The maximum atomic E-state index is 12.8. The van der Waals surface area contributed by atoms with Crippen molar-refractivity contribution in [3.05, 3.63) is 107 Å². The molecule has 0 atom stereocenters. The average Bonchev–Trinajstić information content (AvgIpc) is 3.25. The number of nitrogens with one attached hydrogen (secondary N) is 1. The number of amides is 1. The molecule has 0 aliphatic rings. The molecule has 5 rings (SSSR count). The number of para-hydroxylation sites is 2. The number of oxazole rings is 1. The van der Waals surface area contributed by atoms with Gasteiger partial charge in [0.2, 0.25) is 5.89 Å². The summed E-state index contributed by atoms with van der Waals surface area (Å²) in [6, 6.07) is 30.6. The number of benzene rings is 4. The number of halogens is 1. The van der Waals surface area contributed by atoms with E-state index in [0.29, 0.717) is 22.7 Å². The van der Waals surface area contributed by atoms with Crippen LogP contribution in [0, 0.1) is 0 Å². The van der Waals surface area contributed by atoms with Crippen LogP contribution in [0.3, 0.4) is 0 Å². The van der Waals surface area contributed by atoms with E-state index in [1.54, 1.807) is 12.1 Å². The summed E-state index contributed by atoms with van der Waals surface area (Å²) >= 11 is 3.40. The fraction of sp³-hybridized carbons (Fsp3) is 0. The van der Waals surface area contributed by atoms with Crippen molar-refractivity contribution in [3.63, 3.8) is 0 Å². The zero-order valence-electron chi connectivity index (χ0n) is 16.4. The summed E-state index contributed by atoms with van der Waals surface area (Å²) in [6.45, 7) is 0. The molecule has 5 heteroatoms. The summed E-state index contributed by atoms with van der Waals surface area (Å²) in [5, 5.41) is 3.04. The zero-order chi connectivity index (χ0) is 21.2. The van der Waals surface area contributed by atoms with Crippen molar-refractivity contribution in [2.24, 2.45) is 0 Å². The van der Waals surface area contributed by atoms with Gasteiger partial charge in [-0.1, -0.05) is 64.5 Å². The second-order valence-corrected chi connectivity index (χ2v) is 7.96. The first-order chi connectivity index (χ1) is 15.2. The molecule has 1 heterocycles. The molecule has 4 nitrogen and oxygen atoms in total. The molecule has 1 N–H and O–H groups in total. The molecule has 0 radical (unpaired) electrons. The standard InChI is InChI=1S/C26H17BrN2O2/c27-19-15-13-17(14-16-19)25(30)28-22-11-5-4-9-20(22)21-10-6-12-23-24(21)29-26(31-23)18-7-2-1-3-8-18/h1-16H,(H,28,30). The number of carbonyl (C=O) groups is 1. The molecule has 0 saturated heterocycles. The maximum Gasteiger partial charge on any atom is 0.255 e. The molecule has 0 saturated carbocycles. The monoisotopic (exact) mass is 468 g/mol. The van der Waals surface area contributed by atoms with Crippen LogP contribution in [0.1, 0.15) is 10.4 Å². The first-order valence-corrected chi connectivity index (χ1v) is 10.6. The van der Waals surface area contributed by atoms with Crippen LogP contribution in [0.2, 0.25) is 0 Å². The molecule has 0 bridgehead atoms. The highest BCUT2D eigenvalue weighted by Crippen LogP contribution is 2.35. The van der Waals surface area contributed by atoms with Crippen LogP contribution in [0.5, 0.6) is 0 Å². The number of carbonyl (C=O) groups excluding carboxylic acids is 1. The fourth-order valence-corrected chi connectivity index (χ4v) is 3.76. The van der Waals surface area contributed by atoms with E-state index in [2.05, 4.69) is 21.2 Å². The van der Waals surface area contributed by atoms with Gasteiger partial charge in [-0.05, 0) is 48.5 Å². The molecule has 150 valence electrons. The molecular weight excluding hydrogens is 452 g/mol. The van der Waals surface area contributed by atoms with Gasteiger partial charge in [0.15, 0.2) is 5.58 Å². The Bertz CT molecular complexity index is 1380. The number of nitrogens with zero attached hydrogens (tertiary/aromatic N) is 1. The van der Waals surface area contributed by atoms with Crippen LogP contribution in [-0.2, 0) is 0 Å². The minimum absolute atomic E-state index is 0.169. The van der Waals surface area contributed by atoms with Crippen LogP contribution >= 0.6 is 15.9 Å². The number of anilines is 1. The Morgan fingerprint density at radius 2 is 1.48 bits per heavy atom. The summed E-state index contributed by atoms with van der Waals surface area (Å²) in [5.41, 5.74) is 5.45. The third-order valence-corrected chi connectivity index (χ3v) is 5.54. The Hall–Kier alpha value is -3.70. The van der Waals surface area contributed by atoms with Crippen LogP contribution in [0.4, 0.5) is 5.69 Å². The van der Waals surface area contributed by atoms with Gasteiger partial charge >= 0.3 is 0 Å².